The molecule has 0 atom stereocenters. The Morgan fingerprint density at radius 3 is 2.48 bits per heavy atom. The van der Waals surface area contributed by atoms with E-state index in [1.165, 1.54) is 50.8 Å². The zero-order chi connectivity index (χ0) is 28.8. The first kappa shape index (κ1) is 27.0. The normalized spacial score (nSPS) is 12.7. The molecular weight excluding hydrogens is 532 g/mol. The molecule has 0 fully saturated rings. The maximum absolute atomic E-state index is 14.7. The van der Waals surface area contributed by atoms with Crippen LogP contribution >= 0.6 is 0 Å². The van der Waals surface area contributed by atoms with Gasteiger partial charge in [0.2, 0.25) is 0 Å². The van der Waals surface area contributed by atoms with Crippen molar-refractivity contribution in [3.63, 3.8) is 0 Å². The van der Waals surface area contributed by atoms with Gasteiger partial charge in [-0.2, -0.15) is 18.3 Å². The predicted octanol–water partition coefficient (Wildman–Crippen LogP) is 5.37. The van der Waals surface area contributed by atoms with Crippen LogP contribution in [0.4, 0.5) is 23.2 Å². The maximum Gasteiger partial charge on any atom is 0.435 e. The van der Waals surface area contributed by atoms with Crippen LogP contribution in [0.25, 0.3) is 27.9 Å². The van der Waals surface area contributed by atoms with Crippen LogP contribution in [0.3, 0.4) is 0 Å². The Bertz CT molecular complexity index is 1600. The monoisotopic (exact) mass is 556 g/mol. The number of carboxylic acids is 1. The second-order valence-electron chi connectivity index (χ2n) is 9.90. The van der Waals surface area contributed by atoms with Crippen LogP contribution in [-0.2, 0) is 17.4 Å². The van der Waals surface area contributed by atoms with Gasteiger partial charge >= 0.3 is 18.2 Å². The summed E-state index contributed by atoms with van der Waals surface area (Å²) in [6, 6.07) is 3.50. The summed E-state index contributed by atoms with van der Waals surface area (Å²) in [6.07, 6.45) is 1.14. The number of halogens is 4. The number of anilines is 1. The molecule has 0 unspecified atom stereocenters. The number of ether oxygens (including phenoxy) is 1. The van der Waals surface area contributed by atoms with Gasteiger partial charge < -0.3 is 15.2 Å². The Labute approximate surface area is 225 Å². The van der Waals surface area contributed by atoms with E-state index < -0.39 is 29.1 Å². The molecule has 5 rings (SSSR count). The third-order valence-corrected chi connectivity index (χ3v) is 6.51. The number of alkyl halides is 3. The Hall–Kier alpha value is -4.55. The molecule has 1 aliphatic rings. The highest BCUT2D eigenvalue weighted by molar-refractivity contribution is 5.91. The van der Waals surface area contributed by atoms with Gasteiger partial charge in [0.1, 0.15) is 12.4 Å². The zero-order valence-electron chi connectivity index (χ0n) is 21.7. The lowest BCUT2D eigenvalue weighted by molar-refractivity contribution is -0.148. The number of nitrogens with one attached hydrogen (secondary N) is 1. The van der Waals surface area contributed by atoms with Crippen molar-refractivity contribution in [2.75, 3.05) is 18.5 Å². The summed E-state index contributed by atoms with van der Waals surface area (Å²) in [6.45, 7) is 5.22. The van der Waals surface area contributed by atoms with Gasteiger partial charge in [0.05, 0.1) is 16.8 Å². The summed E-state index contributed by atoms with van der Waals surface area (Å²) in [4.78, 5) is 24.2. The fraction of sp³-hybridized carbons (Fsp3) is 0.296. The molecule has 0 saturated carbocycles. The van der Waals surface area contributed by atoms with Crippen LogP contribution in [0.1, 0.15) is 37.7 Å². The van der Waals surface area contributed by atoms with E-state index in [4.69, 9.17) is 4.74 Å². The average molecular weight is 557 g/mol. The van der Waals surface area contributed by atoms with Gasteiger partial charge in [-0.15, -0.1) is 0 Å². The smallest absolute Gasteiger partial charge is 0.435 e. The van der Waals surface area contributed by atoms with Crippen LogP contribution in [0, 0.1) is 11.2 Å². The van der Waals surface area contributed by atoms with E-state index in [9.17, 15) is 27.5 Å². The Kier molecular flexibility index (Phi) is 6.68. The first-order chi connectivity index (χ1) is 18.9. The average Bonchev–Trinajstić information content (AvgIpc) is 3.53. The fourth-order valence-electron chi connectivity index (χ4n) is 4.41. The third kappa shape index (κ3) is 4.94. The number of carboxylic acid groups (broad SMARTS) is 1. The molecule has 0 radical (unpaired) electrons. The number of fused-ring (bicyclic) bond motifs is 3. The lowest BCUT2D eigenvalue weighted by Gasteiger charge is -2.18. The number of carbonyl (C=O) groups is 1. The second kappa shape index (κ2) is 9.88. The molecular formula is C27H24F4N6O3. The van der Waals surface area contributed by atoms with Gasteiger partial charge in [-0.3, -0.25) is 9.78 Å². The van der Waals surface area contributed by atoms with Crippen LogP contribution in [0.5, 0.6) is 6.01 Å². The van der Waals surface area contributed by atoms with Crippen molar-refractivity contribution >= 4 is 11.7 Å². The minimum absolute atomic E-state index is 0.0742. The number of hydrogen-bond acceptors (Lipinski definition) is 7. The zero-order valence-corrected chi connectivity index (χ0v) is 21.7. The van der Waals surface area contributed by atoms with Crippen molar-refractivity contribution in [2.45, 2.75) is 33.4 Å². The summed E-state index contributed by atoms with van der Waals surface area (Å²) >= 11 is 0. The predicted molar refractivity (Wildman–Crippen MR) is 137 cm³/mol. The third-order valence-electron chi connectivity index (χ3n) is 6.51. The molecule has 4 aromatic rings. The minimum atomic E-state index is -4.67. The molecule has 0 saturated heterocycles. The van der Waals surface area contributed by atoms with E-state index >= 15 is 0 Å². The largest absolute Gasteiger partial charge is 0.481 e. The van der Waals surface area contributed by atoms with E-state index in [2.05, 4.69) is 25.4 Å². The van der Waals surface area contributed by atoms with Crippen molar-refractivity contribution in [1.82, 2.24) is 24.7 Å². The molecule has 3 aromatic heterocycles. The number of aromatic nitrogens is 5. The minimum Gasteiger partial charge on any atom is -0.481 e. The summed E-state index contributed by atoms with van der Waals surface area (Å²) < 4.78 is 61.7. The molecule has 2 N–H and O–H groups in total. The SMILES string of the molecule is CCNc1cc(F)cc2c1Cc1ncc(-c3cnc(OCC(C)(C)C(=O)O)nc3)c(-n3ccc(C(F)(F)F)n3)c1-2. The number of rotatable bonds is 8. The number of benzene rings is 1. The van der Waals surface area contributed by atoms with Crippen LogP contribution in [-0.4, -0.2) is 49.0 Å². The number of hydrogen-bond donors (Lipinski definition) is 2. The second-order valence-corrected chi connectivity index (χ2v) is 9.90. The standard InChI is InChI=1S/C27H24F4N6O3/c1-4-32-19-8-15(28)7-17-16(19)9-20-22(17)23(37-6-5-21(36-37)27(29,30)31)18(12-33-20)14-10-34-25(35-11-14)40-13-26(2,3)24(38)39/h5-8,10-12,32H,4,9,13H2,1-3H3,(H,38,39). The van der Waals surface area contributed by atoms with Gasteiger partial charge in [0.15, 0.2) is 5.69 Å². The molecule has 1 aliphatic carbocycles. The quantitative estimate of drug-likeness (QED) is 0.245. The molecule has 0 amide bonds. The van der Waals surface area contributed by atoms with E-state index in [1.54, 1.807) is 0 Å². The molecule has 0 bridgehead atoms. The molecule has 9 nitrogen and oxygen atoms in total. The lowest BCUT2D eigenvalue weighted by atomic mass is 9.95. The van der Waals surface area contributed by atoms with Crippen molar-refractivity contribution in [2.24, 2.45) is 5.41 Å². The highest BCUT2D eigenvalue weighted by Gasteiger charge is 2.35. The molecule has 1 aromatic carbocycles. The summed E-state index contributed by atoms with van der Waals surface area (Å²) in [7, 11) is 0. The Balaban J connectivity index is 1.64. The summed E-state index contributed by atoms with van der Waals surface area (Å²) in [5.41, 5.74) is 1.59. The van der Waals surface area contributed by atoms with Gasteiger partial charge in [-0.25, -0.2) is 19.0 Å². The fourth-order valence-corrected chi connectivity index (χ4v) is 4.41. The van der Waals surface area contributed by atoms with Gasteiger partial charge in [-0.1, -0.05) is 0 Å². The van der Waals surface area contributed by atoms with E-state index in [1.807, 2.05) is 6.92 Å². The molecule has 0 spiro atoms. The van der Waals surface area contributed by atoms with Gasteiger partial charge in [0, 0.05) is 60.1 Å². The van der Waals surface area contributed by atoms with Crippen LogP contribution in [0.2, 0.25) is 0 Å². The Morgan fingerprint density at radius 2 is 1.85 bits per heavy atom. The lowest BCUT2D eigenvalue weighted by Crippen LogP contribution is -2.31. The van der Waals surface area contributed by atoms with Crippen molar-refractivity contribution < 1.29 is 32.2 Å². The molecule has 0 aliphatic heterocycles. The van der Waals surface area contributed by atoms with Gasteiger partial charge in [-0.05, 0) is 50.1 Å². The van der Waals surface area contributed by atoms with E-state index in [0.717, 1.165) is 16.3 Å². The first-order valence-electron chi connectivity index (χ1n) is 12.3. The molecule has 13 heteroatoms. The first-order valence-corrected chi connectivity index (χ1v) is 12.3. The number of nitrogens with zero attached hydrogens (tertiary/aromatic N) is 5. The van der Waals surface area contributed by atoms with Gasteiger partial charge in [0.25, 0.3) is 0 Å². The topological polar surface area (TPSA) is 115 Å². The summed E-state index contributed by atoms with van der Waals surface area (Å²) in [5, 5.41) is 16.2. The number of aliphatic carboxylic acids is 1. The summed E-state index contributed by atoms with van der Waals surface area (Å²) in [5.74, 6) is -1.56. The van der Waals surface area contributed by atoms with Crippen molar-refractivity contribution in [3.05, 3.63) is 65.8 Å². The Morgan fingerprint density at radius 1 is 1.12 bits per heavy atom. The highest BCUT2D eigenvalue weighted by Crippen LogP contribution is 2.46. The van der Waals surface area contributed by atoms with Crippen molar-refractivity contribution in [1.29, 1.82) is 0 Å². The highest BCUT2D eigenvalue weighted by atomic mass is 19.4. The van der Waals surface area contributed by atoms with Crippen LogP contribution in [0.15, 0.2) is 43.0 Å². The van der Waals surface area contributed by atoms with E-state index in [0.29, 0.717) is 46.6 Å². The number of pyridine rings is 1. The van der Waals surface area contributed by atoms with E-state index in [-0.39, 0.29) is 18.3 Å². The van der Waals surface area contributed by atoms with Crippen LogP contribution < -0.4 is 10.1 Å². The molecule has 3 heterocycles. The molecule has 208 valence electrons. The maximum atomic E-state index is 14.7. The van der Waals surface area contributed by atoms with Crippen molar-refractivity contribution in [3.8, 4) is 34.0 Å². The molecule has 40 heavy (non-hydrogen) atoms.